The molecule has 0 atom stereocenters. The van der Waals surface area contributed by atoms with Gasteiger partial charge in [-0.05, 0) is 97.4 Å². The lowest BCUT2D eigenvalue weighted by Crippen LogP contribution is -2.39. The van der Waals surface area contributed by atoms with E-state index in [1.54, 1.807) is 0 Å². The SMILES string of the molecule is CCCN(CCC)CCCOc1ccc(CCN2CCC(Oc3c(Br)ccc4cccnc34)CC2)cc1. The number of halogens is 1. The molecule has 1 fully saturated rings. The number of benzene rings is 2. The van der Waals surface area contributed by atoms with E-state index in [2.05, 4.69) is 87.0 Å². The van der Waals surface area contributed by atoms with E-state index in [1.165, 1.54) is 31.5 Å². The van der Waals surface area contributed by atoms with Gasteiger partial charge in [-0.25, -0.2) is 0 Å². The first-order chi connectivity index (χ1) is 18.2. The molecule has 1 saturated heterocycles. The summed E-state index contributed by atoms with van der Waals surface area (Å²) < 4.78 is 13.4. The quantitative estimate of drug-likeness (QED) is 0.196. The van der Waals surface area contributed by atoms with Crippen LogP contribution in [0.2, 0.25) is 0 Å². The van der Waals surface area contributed by atoms with Crippen molar-refractivity contribution in [1.82, 2.24) is 14.8 Å². The zero-order valence-electron chi connectivity index (χ0n) is 22.5. The molecule has 0 saturated carbocycles. The minimum atomic E-state index is 0.229. The summed E-state index contributed by atoms with van der Waals surface area (Å²) in [5.74, 6) is 1.85. The van der Waals surface area contributed by atoms with Crippen LogP contribution < -0.4 is 9.47 Å². The van der Waals surface area contributed by atoms with Gasteiger partial charge in [0, 0.05) is 37.8 Å². The van der Waals surface area contributed by atoms with E-state index >= 15 is 0 Å². The van der Waals surface area contributed by atoms with Crippen LogP contribution in [0.3, 0.4) is 0 Å². The summed E-state index contributed by atoms with van der Waals surface area (Å²) in [4.78, 5) is 9.65. The Morgan fingerprint density at radius 2 is 1.73 bits per heavy atom. The third-order valence-electron chi connectivity index (χ3n) is 7.11. The van der Waals surface area contributed by atoms with Crippen LogP contribution in [-0.2, 0) is 6.42 Å². The van der Waals surface area contributed by atoms with Crippen molar-refractivity contribution in [1.29, 1.82) is 0 Å². The molecule has 2 heterocycles. The van der Waals surface area contributed by atoms with Gasteiger partial charge in [-0.3, -0.25) is 4.98 Å². The van der Waals surface area contributed by atoms with Gasteiger partial charge in [0.25, 0.3) is 0 Å². The molecule has 1 aliphatic heterocycles. The number of fused-ring (bicyclic) bond motifs is 1. The largest absolute Gasteiger partial charge is 0.494 e. The molecule has 6 heteroatoms. The fourth-order valence-electron chi connectivity index (χ4n) is 5.11. The van der Waals surface area contributed by atoms with Crippen LogP contribution in [0.25, 0.3) is 10.9 Å². The molecule has 4 rings (SSSR count). The summed E-state index contributed by atoms with van der Waals surface area (Å²) in [5.41, 5.74) is 2.30. The summed E-state index contributed by atoms with van der Waals surface area (Å²) in [5, 5.41) is 1.11. The Balaban J connectivity index is 1.16. The highest BCUT2D eigenvalue weighted by molar-refractivity contribution is 9.10. The van der Waals surface area contributed by atoms with Crippen LogP contribution in [0.5, 0.6) is 11.5 Å². The number of nitrogens with zero attached hydrogens (tertiary/aromatic N) is 3. The maximum absolute atomic E-state index is 6.45. The third kappa shape index (κ3) is 8.42. The second-order valence-corrected chi connectivity index (χ2v) is 10.9. The van der Waals surface area contributed by atoms with E-state index in [4.69, 9.17) is 9.47 Å². The van der Waals surface area contributed by atoms with Crippen molar-refractivity contribution < 1.29 is 9.47 Å². The summed E-state index contributed by atoms with van der Waals surface area (Å²) in [7, 11) is 0. The summed E-state index contributed by atoms with van der Waals surface area (Å²) >= 11 is 3.66. The molecule has 0 spiro atoms. The van der Waals surface area contributed by atoms with Gasteiger partial charge in [-0.1, -0.05) is 38.1 Å². The van der Waals surface area contributed by atoms with Crippen molar-refractivity contribution >= 4 is 26.8 Å². The summed E-state index contributed by atoms with van der Waals surface area (Å²) in [6, 6.07) is 16.9. The molecule has 200 valence electrons. The average Bonchev–Trinajstić information content (AvgIpc) is 2.93. The normalized spacial score (nSPS) is 14.9. The Kier molecular flexibility index (Phi) is 11.1. The summed E-state index contributed by atoms with van der Waals surface area (Å²) in [6.45, 7) is 12.0. The predicted octanol–water partition coefficient (Wildman–Crippen LogP) is 6.97. The highest BCUT2D eigenvalue weighted by atomic mass is 79.9. The average molecular weight is 569 g/mol. The first-order valence-electron chi connectivity index (χ1n) is 14.0. The molecule has 37 heavy (non-hydrogen) atoms. The molecular formula is C31H42BrN3O2. The first-order valence-corrected chi connectivity index (χ1v) is 14.8. The van der Waals surface area contributed by atoms with Gasteiger partial charge in [0.15, 0.2) is 5.75 Å². The fraction of sp³-hybridized carbons (Fsp3) is 0.516. The Morgan fingerprint density at radius 3 is 2.46 bits per heavy atom. The maximum Gasteiger partial charge on any atom is 0.160 e. The number of likely N-dealkylation sites (tertiary alicyclic amines) is 1. The first kappa shape index (κ1) is 27.9. The van der Waals surface area contributed by atoms with E-state index in [9.17, 15) is 0 Å². The van der Waals surface area contributed by atoms with Crippen LogP contribution in [0, 0.1) is 0 Å². The molecule has 3 aromatic rings. The van der Waals surface area contributed by atoms with Crippen LogP contribution >= 0.6 is 15.9 Å². The number of aromatic nitrogens is 1. The minimum absolute atomic E-state index is 0.229. The predicted molar refractivity (Wildman–Crippen MR) is 157 cm³/mol. The molecule has 2 aromatic carbocycles. The van der Waals surface area contributed by atoms with E-state index < -0.39 is 0 Å². The van der Waals surface area contributed by atoms with Crippen LogP contribution in [0.15, 0.2) is 59.2 Å². The van der Waals surface area contributed by atoms with Crippen LogP contribution in [0.4, 0.5) is 0 Å². The molecule has 0 amide bonds. The second-order valence-electron chi connectivity index (χ2n) is 10.0. The maximum atomic E-state index is 6.45. The molecule has 0 aliphatic carbocycles. The Labute approximate surface area is 231 Å². The van der Waals surface area contributed by atoms with Gasteiger partial charge in [0.1, 0.15) is 17.4 Å². The molecule has 0 unspecified atom stereocenters. The van der Waals surface area contributed by atoms with Gasteiger partial charge in [-0.2, -0.15) is 0 Å². The minimum Gasteiger partial charge on any atom is -0.494 e. The topological polar surface area (TPSA) is 37.8 Å². The zero-order valence-corrected chi connectivity index (χ0v) is 24.1. The van der Waals surface area contributed by atoms with Crippen molar-refractivity contribution in [3.63, 3.8) is 0 Å². The fourth-order valence-corrected chi connectivity index (χ4v) is 5.52. The van der Waals surface area contributed by atoms with E-state index in [-0.39, 0.29) is 6.10 Å². The molecule has 0 N–H and O–H groups in total. The highest BCUT2D eigenvalue weighted by Gasteiger charge is 2.22. The molecule has 1 aliphatic rings. The zero-order chi connectivity index (χ0) is 25.9. The van der Waals surface area contributed by atoms with Crippen molar-refractivity contribution in [3.8, 4) is 11.5 Å². The smallest absolute Gasteiger partial charge is 0.160 e. The van der Waals surface area contributed by atoms with Gasteiger partial charge >= 0.3 is 0 Å². The standard InChI is InChI=1S/C31H42BrN3O2/c1-3-18-34(19-4-2)20-6-24-36-27-11-8-25(9-12-27)14-21-35-22-15-28(16-23-35)37-31-29(32)13-10-26-7-5-17-33-30(26)31/h5,7-13,17,28H,3-4,6,14-16,18-24H2,1-2H3. The van der Waals surface area contributed by atoms with Gasteiger partial charge in [0.2, 0.25) is 0 Å². The molecule has 1 aromatic heterocycles. The number of rotatable bonds is 14. The summed E-state index contributed by atoms with van der Waals surface area (Å²) in [6.07, 6.45) is 8.71. The number of piperidine rings is 1. The monoisotopic (exact) mass is 567 g/mol. The molecule has 0 bridgehead atoms. The molecular weight excluding hydrogens is 526 g/mol. The lowest BCUT2D eigenvalue weighted by Gasteiger charge is -2.32. The highest BCUT2D eigenvalue weighted by Crippen LogP contribution is 2.34. The van der Waals surface area contributed by atoms with Crippen molar-refractivity contribution in [2.24, 2.45) is 0 Å². The lowest BCUT2D eigenvalue weighted by atomic mass is 10.1. The third-order valence-corrected chi connectivity index (χ3v) is 7.73. The number of ether oxygens (including phenoxy) is 2. The second kappa shape index (κ2) is 14.7. The van der Waals surface area contributed by atoms with Crippen LogP contribution in [0.1, 0.15) is 51.5 Å². The molecule has 0 radical (unpaired) electrons. The van der Waals surface area contributed by atoms with E-state index in [0.29, 0.717) is 0 Å². The van der Waals surface area contributed by atoms with Crippen molar-refractivity contribution in [2.45, 2.75) is 58.5 Å². The van der Waals surface area contributed by atoms with Gasteiger partial charge in [0.05, 0.1) is 11.1 Å². The van der Waals surface area contributed by atoms with Crippen molar-refractivity contribution in [3.05, 3.63) is 64.8 Å². The lowest BCUT2D eigenvalue weighted by molar-refractivity contribution is 0.102. The number of pyridine rings is 1. The van der Waals surface area contributed by atoms with Gasteiger partial charge < -0.3 is 19.3 Å². The van der Waals surface area contributed by atoms with Crippen LogP contribution in [-0.4, -0.2) is 66.8 Å². The van der Waals surface area contributed by atoms with E-state index in [0.717, 1.165) is 85.3 Å². The van der Waals surface area contributed by atoms with Gasteiger partial charge in [-0.15, -0.1) is 0 Å². The van der Waals surface area contributed by atoms with Crippen molar-refractivity contribution in [2.75, 3.05) is 45.9 Å². The van der Waals surface area contributed by atoms with E-state index in [1.807, 2.05) is 12.3 Å². The Hall–Kier alpha value is -2.15. The Morgan fingerprint density at radius 1 is 0.973 bits per heavy atom. The number of hydrogen-bond acceptors (Lipinski definition) is 5. The number of hydrogen-bond donors (Lipinski definition) is 0. The molecule has 5 nitrogen and oxygen atoms in total. The Bertz CT molecular complexity index is 1080.